The molecule has 3 N–H and O–H groups in total. The molecule has 3 atom stereocenters. The van der Waals surface area contributed by atoms with Gasteiger partial charge in [-0.15, -0.1) is 0 Å². The predicted molar refractivity (Wildman–Crippen MR) is 123 cm³/mol. The Bertz CT molecular complexity index is 366. The SMILES string of the molecule is CCCCC(CC)C(=O)O.CCCCC(CC)C(=O)O.CCCCC(CC)C(=O)O.[Cr]. The summed E-state index contributed by atoms with van der Waals surface area (Å²) in [7, 11) is 0. The second-order valence-corrected chi connectivity index (χ2v) is 7.76. The first-order valence-corrected chi connectivity index (χ1v) is 11.8. The zero-order valence-electron chi connectivity index (χ0n) is 20.7. The van der Waals surface area contributed by atoms with Gasteiger partial charge in [-0.25, -0.2) is 0 Å². The fraction of sp³-hybridized carbons (Fsp3) is 0.875. The molecule has 0 heterocycles. The number of unbranched alkanes of at least 4 members (excludes halogenated alkanes) is 3. The van der Waals surface area contributed by atoms with Crippen molar-refractivity contribution in [2.75, 3.05) is 0 Å². The van der Waals surface area contributed by atoms with Gasteiger partial charge in [0.2, 0.25) is 0 Å². The van der Waals surface area contributed by atoms with E-state index in [9.17, 15) is 14.4 Å². The third-order valence-electron chi connectivity index (χ3n) is 5.24. The predicted octanol–water partition coefficient (Wildman–Crippen LogP) is 6.86. The van der Waals surface area contributed by atoms with Gasteiger partial charge in [0.25, 0.3) is 0 Å². The van der Waals surface area contributed by atoms with E-state index in [1.807, 2.05) is 20.8 Å². The molecular weight excluding hydrogens is 436 g/mol. The largest absolute Gasteiger partial charge is 0.481 e. The molecule has 0 aromatic heterocycles. The Morgan fingerprint density at radius 2 is 0.710 bits per heavy atom. The first-order valence-electron chi connectivity index (χ1n) is 11.8. The van der Waals surface area contributed by atoms with Crippen LogP contribution >= 0.6 is 0 Å². The fourth-order valence-electron chi connectivity index (χ4n) is 2.86. The van der Waals surface area contributed by atoms with Crippen LogP contribution in [-0.4, -0.2) is 33.2 Å². The zero-order valence-corrected chi connectivity index (χ0v) is 22.0. The molecule has 3 unspecified atom stereocenters. The first-order chi connectivity index (χ1) is 14.2. The van der Waals surface area contributed by atoms with Crippen LogP contribution in [0.2, 0.25) is 0 Å². The Kier molecular flexibility index (Phi) is 32.4. The molecule has 7 heteroatoms. The van der Waals surface area contributed by atoms with Gasteiger partial charge >= 0.3 is 17.9 Å². The Morgan fingerprint density at radius 3 is 0.806 bits per heavy atom. The molecule has 0 amide bonds. The average molecular weight is 485 g/mol. The fourth-order valence-corrected chi connectivity index (χ4v) is 2.86. The van der Waals surface area contributed by atoms with Gasteiger partial charge < -0.3 is 15.3 Å². The Labute approximate surface area is 201 Å². The molecule has 0 rings (SSSR count). The third-order valence-corrected chi connectivity index (χ3v) is 5.24. The van der Waals surface area contributed by atoms with Gasteiger partial charge in [0.15, 0.2) is 0 Å². The third kappa shape index (κ3) is 25.1. The maximum absolute atomic E-state index is 10.4. The number of aliphatic carboxylic acids is 3. The average Bonchev–Trinajstić information content (AvgIpc) is 2.70. The molecule has 0 radical (unpaired) electrons. The van der Waals surface area contributed by atoms with Gasteiger partial charge in [-0.2, -0.15) is 0 Å². The summed E-state index contributed by atoms with van der Waals surface area (Å²) in [5.74, 6) is -2.26. The molecule has 0 aliphatic rings. The zero-order chi connectivity index (χ0) is 23.9. The smallest absolute Gasteiger partial charge is 0.306 e. The normalized spacial score (nSPS) is 12.6. The number of carbonyl (C=O) groups is 3. The Hall–Kier alpha value is -1.06. The van der Waals surface area contributed by atoms with Crippen LogP contribution in [0.1, 0.15) is 119 Å². The van der Waals surface area contributed by atoms with Crippen molar-refractivity contribution in [3.63, 3.8) is 0 Å². The van der Waals surface area contributed by atoms with Crippen LogP contribution in [0.4, 0.5) is 0 Å². The second-order valence-electron chi connectivity index (χ2n) is 7.76. The van der Waals surface area contributed by atoms with E-state index in [1.54, 1.807) is 0 Å². The summed E-state index contributed by atoms with van der Waals surface area (Å²) in [5, 5.41) is 25.8. The number of hydrogen-bond acceptors (Lipinski definition) is 3. The van der Waals surface area contributed by atoms with E-state index in [4.69, 9.17) is 15.3 Å². The summed E-state index contributed by atoms with van der Waals surface area (Å²) in [6.45, 7) is 12.0. The summed E-state index contributed by atoms with van der Waals surface area (Å²) in [5.41, 5.74) is 0. The molecule has 0 aliphatic heterocycles. The maximum atomic E-state index is 10.4. The summed E-state index contributed by atoms with van der Waals surface area (Å²) in [4.78, 5) is 31.3. The van der Waals surface area contributed by atoms with Crippen LogP contribution in [0, 0.1) is 17.8 Å². The van der Waals surface area contributed by atoms with Gasteiger partial charge in [0.05, 0.1) is 17.8 Å². The van der Waals surface area contributed by atoms with E-state index in [0.717, 1.165) is 77.0 Å². The van der Waals surface area contributed by atoms with Crippen molar-refractivity contribution in [2.24, 2.45) is 17.8 Å². The van der Waals surface area contributed by atoms with E-state index < -0.39 is 17.9 Å². The number of carboxylic acids is 3. The number of rotatable bonds is 15. The van der Waals surface area contributed by atoms with Gasteiger partial charge in [-0.1, -0.05) is 80.1 Å². The summed E-state index contributed by atoms with van der Waals surface area (Å²) >= 11 is 0. The molecule has 0 saturated carbocycles. The minimum Gasteiger partial charge on any atom is -0.481 e. The molecule has 0 aliphatic carbocycles. The standard InChI is InChI=1S/3C8H16O2.Cr/c3*1-3-5-6-7(4-2)8(9)10;/h3*7H,3-6H2,1-2H3,(H,9,10);. The van der Waals surface area contributed by atoms with Crippen molar-refractivity contribution in [3.8, 4) is 0 Å². The van der Waals surface area contributed by atoms with Crippen molar-refractivity contribution in [1.82, 2.24) is 0 Å². The van der Waals surface area contributed by atoms with E-state index in [1.165, 1.54) is 0 Å². The van der Waals surface area contributed by atoms with Crippen molar-refractivity contribution in [3.05, 3.63) is 0 Å². The van der Waals surface area contributed by atoms with E-state index in [0.29, 0.717) is 0 Å². The van der Waals surface area contributed by atoms with E-state index >= 15 is 0 Å². The quantitative estimate of drug-likeness (QED) is 0.234. The monoisotopic (exact) mass is 484 g/mol. The van der Waals surface area contributed by atoms with Gasteiger partial charge in [0.1, 0.15) is 0 Å². The molecule has 0 bridgehead atoms. The van der Waals surface area contributed by atoms with E-state index in [2.05, 4.69) is 20.8 Å². The van der Waals surface area contributed by atoms with Crippen LogP contribution in [0.25, 0.3) is 0 Å². The van der Waals surface area contributed by atoms with Crippen LogP contribution in [-0.2, 0) is 31.7 Å². The second kappa shape index (κ2) is 27.0. The van der Waals surface area contributed by atoms with Crippen molar-refractivity contribution in [1.29, 1.82) is 0 Å². The molecule has 0 aromatic rings. The topological polar surface area (TPSA) is 112 Å². The minimum absolute atomic E-state index is 0. The Balaban J connectivity index is -0.000000174. The van der Waals surface area contributed by atoms with Gasteiger partial charge in [-0.05, 0) is 38.5 Å². The van der Waals surface area contributed by atoms with E-state index in [-0.39, 0.29) is 35.1 Å². The summed E-state index contributed by atoms with van der Waals surface area (Å²) in [6, 6.07) is 0. The van der Waals surface area contributed by atoms with Gasteiger partial charge in [-0.3, -0.25) is 14.4 Å². The van der Waals surface area contributed by atoms with Crippen molar-refractivity contribution < 1.29 is 47.1 Å². The molecule has 0 saturated heterocycles. The molecule has 0 spiro atoms. The van der Waals surface area contributed by atoms with Crippen LogP contribution in [0.3, 0.4) is 0 Å². The van der Waals surface area contributed by atoms with Crippen molar-refractivity contribution >= 4 is 17.9 Å². The first kappa shape index (κ1) is 37.3. The Morgan fingerprint density at radius 1 is 0.516 bits per heavy atom. The van der Waals surface area contributed by atoms with Crippen LogP contribution in [0.15, 0.2) is 0 Å². The van der Waals surface area contributed by atoms with Crippen molar-refractivity contribution in [2.45, 2.75) is 119 Å². The summed E-state index contributed by atoms with van der Waals surface area (Å²) in [6.07, 6.45) is 11.1. The molecule has 186 valence electrons. The molecule has 6 nitrogen and oxygen atoms in total. The molecule has 31 heavy (non-hydrogen) atoms. The molecule has 0 fully saturated rings. The maximum Gasteiger partial charge on any atom is 0.306 e. The van der Waals surface area contributed by atoms with Gasteiger partial charge in [0, 0.05) is 17.4 Å². The minimum atomic E-state index is -0.643. The molecular formula is C24H48CrO6. The van der Waals surface area contributed by atoms with Crippen LogP contribution < -0.4 is 0 Å². The number of hydrogen-bond donors (Lipinski definition) is 3. The summed E-state index contributed by atoms with van der Waals surface area (Å²) < 4.78 is 0. The van der Waals surface area contributed by atoms with Crippen LogP contribution in [0.5, 0.6) is 0 Å². The molecule has 0 aromatic carbocycles. The number of carboxylic acid groups (broad SMARTS) is 3.